The Morgan fingerprint density at radius 1 is 1.27 bits per heavy atom. The summed E-state index contributed by atoms with van der Waals surface area (Å²) in [6.07, 6.45) is -2.64. The molecule has 1 saturated heterocycles. The van der Waals surface area contributed by atoms with Crippen LogP contribution in [0.4, 0.5) is 8.78 Å². The van der Waals surface area contributed by atoms with Crippen LogP contribution in [0.15, 0.2) is 16.6 Å². The highest BCUT2D eigenvalue weighted by Gasteiger charge is 2.33. The number of nitrogens with zero attached hydrogens (tertiary/aromatic N) is 2. The van der Waals surface area contributed by atoms with Crippen molar-refractivity contribution in [1.29, 1.82) is 5.26 Å². The van der Waals surface area contributed by atoms with Crippen molar-refractivity contribution in [2.24, 2.45) is 0 Å². The molecule has 1 aromatic rings. The van der Waals surface area contributed by atoms with E-state index in [1.807, 2.05) is 6.07 Å². The number of phenolic OH excluding ortho intramolecular Hbond substituents is 1. The fourth-order valence-corrected chi connectivity index (χ4v) is 2.84. The van der Waals surface area contributed by atoms with Crippen molar-refractivity contribution >= 4 is 40.7 Å². The number of rotatable bonds is 3. The molecule has 0 radical (unpaired) electrons. The molecule has 1 aliphatic heterocycles. The number of hydrogen-bond acceptors (Lipinski definition) is 4. The highest BCUT2D eigenvalue weighted by molar-refractivity contribution is 9.10. The lowest BCUT2D eigenvalue weighted by atomic mass is 10.0. The Labute approximate surface area is 148 Å². The summed E-state index contributed by atoms with van der Waals surface area (Å²) in [5.41, 5.74) is 0.332. The molecule has 9 heteroatoms. The third-order valence-corrected chi connectivity index (χ3v) is 3.93. The quantitative estimate of drug-likeness (QED) is 0.791. The van der Waals surface area contributed by atoms with Crippen molar-refractivity contribution in [1.82, 2.24) is 10.2 Å². The SMILES string of the molecule is Cl.Cl.N#Cc1cc(Br)c(O)c([C@H](C(F)F)N2CCNCC2)c1. The van der Waals surface area contributed by atoms with Crippen LogP contribution in [0.5, 0.6) is 5.75 Å². The second-order valence-corrected chi connectivity index (χ2v) is 5.43. The minimum Gasteiger partial charge on any atom is -0.506 e. The zero-order valence-electron chi connectivity index (χ0n) is 11.4. The Morgan fingerprint density at radius 2 is 1.86 bits per heavy atom. The minimum absolute atomic E-state index is 0. The van der Waals surface area contributed by atoms with E-state index >= 15 is 0 Å². The lowest BCUT2D eigenvalue weighted by Crippen LogP contribution is -2.46. The molecule has 1 atom stereocenters. The summed E-state index contributed by atoms with van der Waals surface area (Å²) in [7, 11) is 0. The lowest BCUT2D eigenvalue weighted by Gasteiger charge is -2.35. The number of benzene rings is 1. The molecule has 1 aromatic carbocycles. The van der Waals surface area contributed by atoms with Crippen LogP contribution in [-0.4, -0.2) is 42.6 Å². The van der Waals surface area contributed by atoms with E-state index in [0.717, 1.165) is 0 Å². The molecular weight excluding hydrogens is 403 g/mol. The van der Waals surface area contributed by atoms with E-state index in [4.69, 9.17) is 5.26 Å². The van der Waals surface area contributed by atoms with Crippen LogP contribution in [0, 0.1) is 11.3 Å². The number of nitrogens with one attached hydrogen (secondary N) is 1. The highest BCUT2D eigenvalue weighted by Crippen LogP contribution is 2.38. The normalized spacial score (nSPS) is 16.3. The average molecular weight is 419 g/mol. The first kappa shape index (κ1) is 21.4. The van der Waals surface area contributed by atoms with E-state index in [-0.39, 0.29) is 46.2 Å². The Kier molecular flexibility index (Phi) is 9.20. The van der Waals surface area contributed by atoms with Crippen LogP contribution in [0.2, 0.25) is 0 Å². The number of piperazine rings is 1. The molecule has 1 heterocycles. The molecule has 0 bridgehead atoms. The number of alkyl halides is 2. The van der Waals surface area contributed by atoms with Gasteiger partial charge in [-0.05, 0) is 28.1 Å². The van der Waals surface area contributed by atoms with Gasteiger partial charge in [-0.2, -0.15) is 5.26 Å². The summed E-state index contributed by atoms with van der Waals surface area (Å²) in [5.74, 6) is -0.229. The molecule has 0 saturated carbocycles. The highest BCUT2D eigenvalue weighted by atomic mass is 79.9. The zero-order valence-corrected chi connectivity index (χ0v) is 14.6. The largest absolute Gasteiger partial charge is 0.506 e. The smallest absolute Gasteiger partial charge is 0.258 e. The average Bonchev–Trinajstić information content (AvgIpc) is 2.44. The predicted octanol–water partition coefficient (Wildman–Crippen LogP) is 3.08. The summed E-state index contributed by atoms with van der Waals surface area (Å²) < 4.78 is 27.1. The number of nitriles is 1. The van der Waals surface area contributed by atoms with Gasteiger partial charge in [0.05, 0.1) is 16.1 Å². The van der Waals surface area contributed by atoms with Crippen molar-refractivity contribution < 1.29 is 13.9 Å². The first-order valence-corrected chi connectivity index (χ1v) is 6.99. The molecule has 22 heavy (non-hydrogen) atoms. The molecule has 4 nitrogen and oxygen atoms in total. The molecule has 0 amide bonds. The summed E-state index contributed by atoms with van der Waals surface area (Å²) in [6.45, 7) is 2.21. The standard InChI is InChI=1S/C13H14BrF2N3O.2ClH/c14-10-6-8(7-17)5-9(12(10)20)11(13(15)16)19-3-1-18-2-4-19;;/h5-6,11,13,18,20H,1-4H2;2*1H/t11-;;/m1../s1. The van der Waals surface area contributed by atoms with Crippen LogP contribution >= 0.6 is 40.7 Å². The molecule has 1 fully saturated rings. The number of phenols is 1. The van der Waals surface area contributed by atoms with Gasteiger partial charge < -0.3 is 10.4 Å². The summed E-state index contributed by atoms with van der Waals surface area (Å²) >= 11 is 3.10. The Morgan fingerprint density at radius 3 is 2.36 bits per heavy atom. The first-order valence-electron chi connectivity index (χ1n) is 6.20. The zero-order chi connectivity index (χ0) is 14.7. The summed E-state index contributed by atoms with van der Waals surface area (Å²) in [4.78, 5) is 1.63. The molecule has 0 aromatic heterocycles. The van der Waals surface area contributed by atoms with E-state index in [1.165, 1.54) is 12.1 Å². The van der Waals surface area contributed by atoms with Crippen LogP contribution in [0.3, 0.4) is 0 Å². The van der Waals surface area contributed by atoms with Crippen LogP contribution in [0.25, 0.3) is 0 Å². The van der Waals surface area contributed by atoms with Crippen molar-refractivity contribution in [3.05, 3.63) is 27.7 Å². The topological polar surface area (TPSA) is 59.3 Å². The second kappa shape index (κ2) is 9.48. The monoisotopic (exact) mass is 417 g/mol. The molecule has 1 aliphatic rings. The second-order valence-electron chi connectivity index (χ2n) is 4.57. The third kappa shape index (κ3) is 4.67. The van der Waals surface area contributed by atoms with Gasteiger partial charge in [0.1, 0.15) is 11.8 Å². The number of hydrogen-bond donors (Lipinski definition) is 2. The van der Waals surface area contributed by atoms with Gasteiger partial charge in [-0.3, -0.25) is 4.90 Å². The van der Waals surface area contributed by atoms with E-state index < -0.39 is 12.5 Å². The van der Waals surface area contributed by atoms with Gasteiger partial charge in [0.2, 0.25) is 0 Å². The fraction of sp³-hybridized carbons (Fsp3) is 0.462. The molecule has 0 aliphatic carbocycles. The summed E-state index contributed by atoms with van der Waals surface area (Å²) in [5, 5.41) is 22.1. The maximum Gasteiger partial charge on any atom is 0.258 e. The van der Waals surface area contributed by atoms with Gasteiger partial charge in [0, 0.05) is 31.7 Å². The molecule has 124 valence electrons. The van der Waals surface area contributed by atoms with Gasteiger partial charge in [-0.1, -0.05) is 0 Å². The van der Waals surface area contributed by atoms with Gasteiger partial charge in [0.15, 0.2) is 0 Å². The van der Waals surface area contributed by atoms with Gasteiger partial charge in [-0.25, -0.2) is 8.78 Å². The van der Waals surface area contributed by atoms with Crippen molar-refractivity contribution in [3.8, 4) is 11.8 Å². The van der Waals surface area contributed by atoms with Crippen LogP contribution in [-0.2, 0) is 0 Å². The van der Waals surface area contributed by atoms with Crippen molar-refractivity contribution in [3.63, 3.8) is 0 Å². The van der Waals surface area contributed by atoms with E-state index in [0.29, 0.717) is 26.2 Å². The molecule has 0 unspecified atom stereocenters. The van der Waals surface area contributed by atoms with Crippen LogP contribution in [0.1, 0.15) is 17.2 Å². The lowest BCUT2D eigenvalue weighted by molar-refractivity contribution is 0.0170. The fourth-order valence-electron chi connectivity index (χ4n) is 2.36. The van der Waals surface area contributed by atoms with Gasteiger partial charge >= 0.3 is 0 Å². The Hall–Kier alpha value is -0.650. The molecule has 2 N–H and O–H groups in total. The number of halogens is 5. The van der Waals surface area contributed by atoms with E-state index in [1.54, 1.807) is 4.90 Å². The third-order valence-electron chi connectivity index (χ3n) is 3.32. The predicted molar refractivity (Wildman–Crippen MR) is 88.2 cm³/mol. The van der Waals surface area contributed by atoms with E-state index in [9.17, 15) is 13.9 Å². The maximum atomic E-state index is 13.4. The summed E-state index contributed by atoms with van der Waals surface area (Å²) in [6, 6.07) is 3.46. The van der Waals surface area contributed by atoms with Gasteiger partial charge in [-0.15, -0.1) is 24.8 Å². The molecular formula is C13H16BrCl2F2N3O. The van der Waals surface area contributed by atoms with Crippen molar-refractivity contribution in [2.45, 2.75) is 12.5 Å². The van der Waals surface area contributed by atoms with Crippen LogP contribution < -0.4 is 5.32 Å². The first-order chi connectivity index (χ1) is 9.54. The minimum atomic E-state index is -2.64. The number of aromatic hydroxyl groups is 1. The van der Waals surface area contributed by atoms with E-state index in [2.05, 4.69) is 21.2 Å². The Bertz CT molecular complexity index is 537. The maximum absolute atomic E-state index is 13.4. The Balaban J connectivity index is 0.00000220. The molecule has 2 rings (SSSR count). The van der Waals surface area contributed by atoms with Crippen molar-refractivity contribution in [2.75, 3.05) is 26.2 Å². The van der Waals surface area contributed by atoms with Gasteiger partial charge in [0.25, 0.3) is 6.43 Å². The molecule has 0 spiro atoms.